The van der Waals surface area contributed by atoms with Gasteiger partial charge in [-0.2, -0.15) is 0 Å². The Morgan fingerprint density at radius 2 is 1.52 bits per heavy atom. The van der Waals surface area contributed by atoms with Gasteiger partial charge in [0.2, 0.25) is 0 Å². The first kappa shape index (κ1) is 21.8. The number of methoxy groups -OCH3 is 1. The van der Waals surface area contributed by atoms with Crippen LogP contribution in [0.1, 0.15) is 16.8 Å². The summed E-state index contributed by atoms with van der Waals surface area (Å²) in [5.41, 5.74) is 1.80. The second-order valence-electron chi connectivity index (χ2n) is 7.33. The zero-order valence-corrected chi connectivity index (χ0v) is 18.1. The van der Waals surface area contributed by atoms with Crippen molar-refractivity contribution in [2.45, 2.75) is 13.0 Å². The molecule has 0 unspecified atom stereocenters. The molecule has 0 atom stereocenters. The maximum Gasteiger partial charge on any atom is 0.272 e. The van der Waals surface area contributed by atoms with Crippen LogP contribution in [0.25, 0.3) is 12.2 Å². The quantitative estimate of drug-likeness (QED) is 0.457. The van der Waals surface area contributed by atoms with E-state index in [1.54, 1.807) is 31.5 Å². The van der Waals surface area contributed by atoms with Gasteiger partial charge in [0.15, 0.2) is 0 Å². The van der Waals surface area contributed by atoms with E-state index >= 15 is 0 Å². The van der Waals surface area contributed by atoms with Crippen molar-refractivity contribution in [1.82, 2.24) is 15.0 Å². The van der Waals surface area contributed by atoms with E-state index in [2.05, 4.69) is 15.0 Å². The second kappa shape index (κ2) is 10.3. The molecule has 4 rings (SSSR count). The molecular weight excluding hydrogens is 418 g/mol. The van der Waals surface area contributed by atoms with Crippen LogP contribution in [0.3, 0.4) is 0 Å². The molecule has 2 N–H and O–H groups in total. The minimum Gasteiger partial charge on any atom is -0.497 e. The third-order valence-electron chi connectivity index (χ3n) is 4.99. The lowest BCUT2D eigenvalue weighted by molar-refractivity contribution is 0.305. The van der Waals surface area contributed by atoms with E-state index in [4.69, 9.17) is 9.47 Å². The van der Waals surface area contributed by atoms with E-state index < -0.39 is 5.56 Å². The SMILES string of the molecule is COc1ccc(CC=c2[nH]c(=O)c(=Cc3ccc(OCc4ccccc4)cn3)[nH]c2=O)cc1. The van der Waals surface area contributed by atoms with Gasteiger partial charge in [0.25, 0.3) is 11.1 Å². The predicted octanol–water partition coefficient (Wildman–Crippen LogP) is 1.90. The fraction of sp³-hybridized carbons (Fsp3) is 0.115. The van der Waals surface area contributed by atoms with E-state index in [1.165, 1.54) is 6.08 Å². The van der Waals surface area contributed by atoms with Crippen LogP contribution in [0, 0.1) is 0 Å². The molecule has 0 spiro atoms. The molecule has 166 valence electrons. The van der Waals surface area contributed by atoms with Crippen molar-refractivity contribution in [3.8, 4) is 11.5 Å². The Hall–Kier alpha value is -4.39. The molecule has 2 heterocycles. The Kier molecular flexibility index (Phi) is 6.80. The predicted molar refractivity (Wildman–Crippen MR) is 127 cm³/mol. The van der Waals surface area contributed by atoms with Crippen LogP contribution >= 0.6 is 0 Å². The topological polar surface area (TPSA) is 97.1 Å². The Morgan fingerprint density at radius 3 is 2.21 bits per heavy atom. The number of pyridine rings is 1. The number of hydrogen-bond donors (Lipinski definition) is 2. The molecule has 0 aliphatic carbocycles. The number of nitrogens with zero attached hydrogens (tertiary/aromatic N) is 1. The third-order valence-corrected chi connectivity index (χ3v) is 4.99. The fourth-order valence-electron chi connectivity index (χ4n) is 3.17. The zero-order valence-electron chi connectivity index (χ0n) is 18.1. The van der Waals surface area contributed by atoms with Gasteiger partial charge in [-0.3, -0.25) is 14.6 Å². The largest absolute Gasteiger partial charge is 0.497 e. The lowest BCUT2D eigenvalue weighted by Crippen LogP contribution is -2.46. The highest BCUT2D eigenvalue weighted by Crippen LogP contribution is 2.12. The van der Waals surface area contributed by atoms with E-state index in [9.17, 15) is 9.59 Å². The van der Waals surface area contributed by atoms with E-state index in [0.29, 0.717) is 24.5 Å². The first-order chi connectivity index (χ1) is 16.1. The molecule has 33 heavy (non-hydrogen) atoms. The minimum atomic E-state index is -0.401. The van der Waals surface area contributed by atoms with Gasteiger partial charge in [-0.15, -0.1) is 0 Å². The van der Waals surface area contributed by atoms with E-state index in [1.807, 2.05) is 54.6 Å². The van der Waals surface area contributed by atoms with Crippen molar-refractivity contribution in [3.05, 3.63) is 121 Å². The maximum absolute atomic E-state index is 12.5. The Balaban J connectivity index is 1.49. The van der Waals surface area contributed by atoms with Gasteiger partial charge in [-0.05, 0) is 47.9 Å². The molecule has 0 amide bonds. The number of H-pyrrole nitrogens is 2. The van der Waals surface area contributed by atoms with Crippen LogP contribution in [-0.2, 0) is 13.0 Å². The lowest BCUT2D eigenvalue weighted by Gasteiger charge is -2.05. The monoisotopic (exact) mass is 441 g/mol. The van der Waals surface area contributed by atoms with Gasteiger partial charge in [-0.25, -0.2) is 0 Å². The van der Waals surface area contributed by atoms with Gasteiger partial charge in [0.05, 0.1) is 19.0 Å². The molecule has 0 radical (unpaired) electrons. The van der Waals surface area contributed by atoms with Crippen molar-refractivity contribution in [3.63, 3.8) is 0 Å². The van der Waals surface area contributed by atoms with Gasteiger partial charge < -0.3 is 19.4 Å². The molecule has 2 aromatic carbocycles. The highest BCUT2D eigenvalue weighted by molar-refractivity contribution is 5.44. The zero-order chi connectivity index (χ0) is 23.0. The Morgan fingerprint density at radius 1 is 0.818 bits per heavy atom. The summed E-state index contributed by atoms with van der Waals surface area (Å²) >= 11 is 0. The smallest absolute Gasteiger partial charge is 0.272 e. The Bertz CT molecular complexity index is 1440. The molecule has 0 aliphatic heterocycles. The summed E-state index contributed by atoms with van der Waals surface area (Å²) in [5.74, 6) is 1.37. The summed E-state index contributed by atoms with van der Waals surface area (Å²) in [7, 11) is 1.60. The number of aromatic nitrogens is 3. The highest BCUT2D eigenvalue weighted by Gasteiger charge is 2.00. The number of nitrogens with one attached hydrogen (secondary N) is 2. The summed E-state index contributed by atoms with van der Waals surface area (Å²) in [5, 5.41) is 0.345. The molecule has 0 aliphatic rings. The van der Waals surface area contributed by atoms with Crippen LogP contribution in [0.15, 0.2) is 82.5 Å². The number of rotatable bonds is 7. The fourth-order valence-corrected chi connectivity index (χ4v) is 3.17. The molecule has 0 fully saturated rings. The molecule has 7 heteroatoms. The molecule has 0 saturated heterocycles. The summed E-state index contributed by atoms with van der Waals surface area (Å²) in [6.45, 7) is 0.438. The van der Waals surface area contributed by atoms with Crippen molar-refractivity contribution < 1.29 is 9.47 Å². The molecule has 0 bridgehead atoms. The van der Waals surface area contributed by atoms with Crippen LogP contribution in [0.4, 0.5) is 0 Å². The Labute approximate surface area is 189 Å². The number of aromatic amines is 2. The van der Waals surface area contributed by atoms with Crippen LogP contribution in [-0.4, -0.2) is 22.1 Å². The standard InChI is InChI=1S/C26H23N3O4/c1-32-21-11-7-18(8-12-21)9-14-23-25(30)29-24(26(31)28-23)15-20-10-13-22(16-27-20)33-17-19-5-3-2-4-6-19/h2-8,10-16H,9,17H2,1H3,(H,28,31)(H,29,30). The average Bonchev–Trinajstić information content (AvgIpc) is 2.86. The first-order valence-corrected chi connectivity index (χ1v) is 10.4. The van der Waals surface area contributed by atoms with E-state index in [-0.39, 0.29) is 16.3 Å². The second-order valence-corrected chi connectivity index (χ2v) is 7.33. The minimum absolute atomic E-state index is 0.132. The summed E-state index contributed by atoms with van der Waals surface area (Å²) < 4.78 is 10.9. The van der Waals surface area contributed by atoms with Gasteiger partial charge in [0, 0.05) is 0 Å². The summed E-state index contributed by atoms with van der Waals surface area (Å²) in [4.78, 5) is 34.5. The number of ether oxygens (including phenoxy) is 2. The van der Waals surface area contributed by atoms with E-state index in [0.717, 1.165) is 16.9 Å². The normalized spacial score (nSPS) is 12.0. The average molecular weight is 441 g/mol. The summed E-state index contributed by atoms with van der Waals surface area (Å²) in [6.07, 6.45) is 5.29. The van der Waals surface area contributed by atoms with Crippen LogP contribution < -0.4 is 31.3 Å². The van der Waals surface area contributed by atoms with Crippen molar-refractivity contribution in [1.29, 1.82) is 0 Å². The maximum atomic E-state index is 12.5. The number of benzene rings is 2. The third kappa shape index (κ3) is 5.86. The molecule has 4 aromatic rings. The molecule has 0 saturated carbocycles. The molecular formula is C26H23N3O4. The first-order valence-electron chi connectivity index (χ1n) is 10.4. The van der Waals surface area contributed by atoms with Crippen LogP contribution in [0.5, 0.6) is 11.5 Å². The van der Waals surface area contributed by atoms with Crippen molar-refractivity contribution in [2.75, 3.05) is 7.11 Å². The van der Waals surface area contributed by atoms with Crippen LogP contribution in [0.2, 0.25) is 0 Å². The van der Waals surface area contributed by atoms with Gasteiger partial charge >= 0.3 is 0 Å². The highest BCUT2D eigenvalue weighted by atomic mass is 16.5. The number of hydrogen-bond acceptors (Lipinski definition) is 5. The molecule has 2 aromatic heterocycles. The van der Waals surface area contributed by atoms with Crippen molar-refractivity contribution in [2.24, 2.45) is 0 Å². The van der Waals surface area contributed by atoms with Gasteiger partial charge in [-0.1, -0.05) is 48.5 Å². The summed E-state index contributed by atoms with van der Waals surface area (Å²) in [6, 6.07) is 20.8. The molecule has 7 nitrogen and oxygen atoms in total. The van der Waals surface area contributed by atoms with Crippen molar-refractivity contribution >= 4 is 12.2 Å². The lowest BCUT2D eigenvalue weighted by atomic mass is 10.1. The van der Waals surface area contributed by atoms with Gasteiger partial charge in [0.1, 0.15) is 28.8 Å².